The molecule has 0 bridgehead atoms. The molecule has 0 saturated carbocycles. The molecule has 0 spiro atoms. The van der Waals surface area contributed by atoms with E-state index in [1.807, 2.05) is 73.7 Å². The Bertz CT molecular complexity index is 764. The van der Waals surface area contributed by atoms with Crippen molar-refractivity contribution in [1.82, 2.24) is 10.6 Å². The molecular weight excluding hydrogens is 320 g/mol. The number of nitrogens with one attached hydrogen (secondary N) is 2. The molecule has 0 aliphatic carbocycles. The van der Waals surface area contributed by atoms with Gasteiger partial charge in [0.1, 0.15) is 0 Å². The smallest absolute Gasteiger partial charge is 0.237 e. The average molecular weight is 344 g/mol. The minimum Gasteiger partial charge on any atom is -0.351 e. The first-order valence-corrected chi connectivity index (χ1v) is 8.91. The summed E-state index contributed by atoms with van der Waals surface area (Å²) in [6, 6.07) is 30.0. The molecule has 0 aromatic heterocycles. The third-order valence-electron chi connectivity index (χ3n) is 4.39. The van der Waals surface area contributed by atoms with E-state index in [0.717, 1.165) is 16.7 Å². The molecule has 1 amide bonds. The van der Waals surface area contributed by atoms with Gasteiger partial charge in [-0.05, 0) is 23.6 Å². The Hall–Kier alpha value is -2.91. The summed E-state index contributed by atoms with van der Waals surface area (Å²) in [5, 5.41) is 6.48. The monoisotopic (exact) mass is 344 g/mol. The SMILES string of the molecule is C[C@H](NC(c1ccccc1)c1ccccc1)C(=O)NCc1ccccc1. The fourth-order valence-corrected chi connectivity index (χ4v) is 2.94. The van der Waals surface area contributed by atoms with E-state index in [1.54, 1.807) is 0 Å². The van der Waals surface area contributed by atoms with Gasteiger partial charge < -0.3 is 5.32 Å². The number of hydrogen-bond acceptors (Lipinski definition) is 2. The quantitative estimate of drug-likeness (QED) is 0.678. The number of carbonyl (C=O) groups excluding carboxylic acids is 1. The summed E-state index contributed by atoms with van der Waals surface area (Å²) in [5.74, 6) is -0.00860. The number of rotatable bonds is 7. The Balaban J connectivity index is 1.69. The van der Waals surface area contributed by atoms with Crippen LogP contribution in [0.25, 0.3) is 0 Å². The van der Waals surface area contributed by atoms with Crippen LogP contribution in [0.2, 0.25) is 0 Å². The first-order valence-electron chi connectivity index (χ1n) is 8.91. The van der Waals surface area contributed by atoms with Crippen molar-refractivity contribution in [3.05, 3.63) is 108 Å². The molecule has 132 valence electrons. The van der Waals surface area contributed by atoms with Gasteiger partial charge in [0.05, 0.1) is 12.1 Å². The topological polar surface area (TPSA) is 41.1 Å². The number of benzene rings is 3. The van der Waals surface area contributed by atoms with Crippen LogP contribution in [0.3, 0.4) is 0 Å². The van der Waals surface area contributed by atoms with Gasteiger partial charge in [0, 0.05) is 6.54 Å². The first-order chi connectivity index (χ1) is 12.7. The summed E-state index contributed by atoms with van der Waals surface area (Å²) in [4.78, 5) is 12.5. The van der Waals surface area contributed by atoms with E-state index in [9.17, 15) is 4.79 Å². The number of hydrogen-bond donors (Lipinski definition) is 2. The molecule has 0 fully saturated rings. The largest absolute Gasteiger partial charge is 0.351 e. The molecule has 0 heterocycles. The summed E-state index contributed by atoms with van der Waals surface area (Å²) >= 11 is 0. The average Bonchev–Trinajstić information content (AvgIpc) is 2.72. The van der Waals surface area contributed by atoms with E-state index in [2.05, 4.69) is 34.9 Å². The van der Waals surface area contributed by atoms with Crippen molar-refractivity contribution in [2.45, 2.75) is 25.6 Å². The van der Waals surface area contributed by atoms with Crippen LogP contribution in [0.1, 0.15) is 29.7 Å². The lowest BCUT2D eigenvalue weighted by molar-refractivity contribution is -0.123. The molecule has 3 heteroatoms. The van der Waals surface area contributed by atoms with Gasteiger partial charge in [-0.2, -0.15) is 0 Å². The van der Waals surface area contributed by atoms with Crippen molar-refractivity contribution in [1.29, 1.82) is 0 Å². The highest BCUT2D eigenvalue weighted by atomic mass is 16.2. The van der Waals surface area contributed by atoms with Crippen molar-refractivity contribution < 1.29 is 4.79 Å². The Morgan fingerprint density at radius 1 is 0.769 bits per heavy atom. The van der Waals surface area contributed by atoms with Gasteiger partial charge in [0.15, 0.2) is 0 Å². The first kappa shape index (κ1) is 17.9. The van der Waals surface area contributed by atoms with E-state index < -0.39 is 0 Å². The maximum atomic E-state index is 12.5. The summed E-state index contributed by atoms with van der Waals surface area (Å²) in [5.41, 5.74) is 3.37. The maximum absolute atomic E-state index is 12.5. The molecule has 3 rings (SSSR count). The fraction of sp³-hybridized carbons (Fsp3) is 0.174. The van der Waals surface area contributed by atoms with Crippen LogP contribution < -0.4 is 10.6 Å². The van der Waals surface area contributed by atoms with Crippen molar-refractivity contribution in [3.63, 3.8) is 0 Å². The normalized spacial score (nSPS) is 11.9. The second-order valence-electron chi connectivity index (χ2n) is 6.35. The lowest BCUT2D eigenvalue weighted by Gasteiger charge is -2.24. The molecule has 0 aliphatic rings. The molecule has 3 nitrogen and oxygen atoms in total. The fourth-order valence-electron chi connectivity index (χ4n) is 2.94. The van der Waals surface area contributed by atoms with Gasteiger partial charge in [-0.3, -0.25) is 10.1 Å². The van der Waals surface area contributed by atoms with Crippen LogP contribution >= 0.6 is 0 Å². The number of carbonyl (C=O) groups is 1. The molecule has 3 aromatic rings. The summed E-state index contributed by atoms with van der Waals surface area (Å²) in [6.07, 6.45) is 0. The van der Waals surface area contributed by atoms with Crippen LogP contribution in [0, 0.1) is 0 Å². The zero-order chi connectivity index (χ0) is 18.2. The van der Waals surface area contributed by atoms with Crippen LogP contribution in [0.4, 0.5) is 0 Å². The van der Waals surface area contributed by atoms with Crippen LogP contribution in [0.5, 0.6) is 0 Å². The lowest BCUT2D eigenvalue weighted by atomic mass is 9.98. The predicted octanol–water partition coefficient (Wildman–Crippen LogP) is 4.07. The highest BCUT2D eigenvalue weighted by molar-refractivity contribution is 5.81. The molecule has 0 unspecified atom stereocenters. The van der Waals surface area contributed by atoms with Gasteiger partial charge in [-0.15, -0.1) is 0 Å². The molecule has 2 N–H and O–H groups in total. The van der Waals surface area contributed by atoms with Crippen LogP contribution in [-0.2, 0) is 11.3 Å². The van der Waals surface area contributed by atoms with E-state index in [0.29, 0.717) is 6.54 Å². The van der Waals surface area contributed by atoms with E-state index in [1.165, 1.54) is 0 Å². The minimum absolute atomic E-state index is 0.00860. The highest BCUT2D eigenvalue weighted by Gasteiger charge is 2.20. The van der Waals surface area contributed by atoms with Crippen LogP contribution in [0.15, 0.2) is 91.0 Å². The van der Waals surface area contributed by atoms with Crippen LogP contribution in [-0.4, -0.2) is 11.9 Å². The highest BCUT2D eigenvalue weighted by Crippen LogP contribution is 2.22. The molecule has 0 aliphatic heterocycles. The summed E-state index contributed by atoms with van der Waals surface area (Å²) in [7, 11) is 0. The van der Waals surface area contributed by atoms with Crippen molar-refractivity contribution >= 4 is 5.91 Å². The predicted molar refractivity (Wildman–Crippen MR) is 106 cm³/mol. The molecule has 1 atom stereocenters. The maximum Gasteiger partial charge on any atom is 0.237 e. The molecule has 3 aromatic carbocycles. The molecule has 0 saturated heterocycles. The zero-order valence-electron chi connectivity index (χ0n) is 14.9. The summed E-state index contributed by atoms with van der Waals surface area (Å²) in [6.45, 7) is 2.44. The number of amides is 1. The molecular formula is C23H24N2O. The minimum atomic E-state index is -0.316. The van der Waals surface area contributed by atoms with Gasteiger partial charge in [-0.1, -0.05) is 91.0 Å². The van der Waals surface area contributed by atoms with E-state index >= 15 is 0 Å². The second kappa shape index (κ2) is 8.97. The Kier molecular flexibility index (Phi) is 6.18. The molecule has 26 heavy (non-hydrogen) atoms. The molecule has 0 radical (unpaired) electrons. The third-order valence-corrected chi connectivity index (χ3v) is 4.39. The summed E-state index contributed by atoms with van der Waals surface area (Å²) < 4.78 is 0. The Labute approximate surface area is 155 Å². The Morgan fingerprint density at radius 2 is 1.23 bits per heavy atom. The van der Waals surface area contributed by atoms with Gasteiger partial charge in [-0.25, -0.2) is 0 Å². The second-order valence-corrected chi connectivity index (χ2v) is 6.35. The van der Waals surface area contributed by atoms with E-state index in [-0.39, 0.29) is 18.0 Å². The standard InChI is InChI=1S/C23H24N2O/c1-18(23(26)24-17-19-11-5-2-6-12-19)25-22(20-13-7-3-8-14-20)21-15-9-4-10-16-21/h2-16,18,22,25H,17H2,1H3,(H,24,26)/t18-/m0/s1. The third kappa shape index (κ3) is 4.80. The lowest BCUT2D eigenvalue weighted by Crippen LogP contribution is -2.43. The zero-order valence-corrected chi connectivity index (χ0v) is 14.9. The van der Waals surface area contributed by atoms with Crippen molar-refractivity contribution in [2.24, 2.45) is 0 Å². The van der Waals surface area contributed by atoms with Gasteiger partial charge >= 0.3 is 0 Å². The van der Waals surface area contributed by atoms with E-state index in [4.69, 9.17) is 0 Å². The van der Waals surface area contributed by atoms with Gasteiger partial charge in [0.25, 0.3) is 0 Å². The van der Waals surface area contributed by atoms with Crippen molar-refractivity contribution in [3.8, 4) is 0 Å². The van der Waals surface area contributed by atoms with Gasteiger partial charge in [0.2, 0.25) is 5.91 Å². The Morgan fingerprint density at radius 3 is 1.73 bits per heavy atom. The van der Waals surface area contributed by atoms with Crippen molar-refractivity contribution in [2.75, 3.05) is 0 Å².